The molecule has 3 nitrogen and oxygen atoms in total. The Labute approximate surface area is 113 Å². The minimum absolute atomic E-state index is 0.813. The van der Waals surface area contributed by atoms with Crippen LogP contribution in [0.3, 0.4) is 0 Å². The van der Waals surface area contributed by atoms with Gasteiger partial charge >= 0.3 is 0 Å². The molecule has 0 radical (unpaired) electrons. The van der Waals surface area contributed by atoms with Gasteiger partial charge in [0, 0.05) is 15.3 Å². The lowest BCUT2D eigenvalue weighted by Crippen LogP contribution is -1.93. The third-order valence-electron chi connectivity index (χ3n) is 2.53. The molecular weight excluding hydrogens is 325 g/mol. The van der Waals surface area contributed by atoms with E-state index in [1.807, 2.05) is 6.07 Å². The Morgan fingerprint density at radius 2 is 1.82 bits per heavy atom. The fraction of sp³-hybridized carbons (Fsp3) is 0. The van der Waals surface area contributed by atoms with E-state index in [1.54, 1.807) is 6.21 Å². The van der Waals surface area contributed by atoms with Gasteiger partial charge in [-0.2, -0.15) is 5.10 Å². The zero-order valence-electron chi connectivity index (χ0n) is 9.10. The van der Waals surface area contributed by atoms with Gasteiger partial charge in [0.1, 0.15) is 0 Å². The fourth-order valence-corrected chi connectivity index (χ4v) is 2.21. The molecule has 2 aromatic rings. The second-order valence-electron chi connectivity index (χ2n) is 3.61. The number of nitrogens with two attached hydrogens (primary N) is 2. The highest BCUT2D eigenvalue weighted by atomic mass is 127. The van der Waals surface area contributed by atoms with E-state index in [1.165, 1.54) is 20.5 Å². The van der Waals surface area contributed by atoms with E-state index in [2.05, 4.69) is 58.0 Å². The number of halogens is 1. The van der Waals surface area contributed by atoms with Crippen molar-refractivity contribution in [1.29, 1.82) is 0 Å². The monoisotopic (exact) mass is 337 g/mol. The first-order chi connectivity index (χ1) is 8.24. The summed E-state index contributed by atoms with van der Waals surface area (Å²) in [5.74, 6) is 5.15. The summed E-state index contributed by atoms with van der Waals surface area (Å²) in [4.78, 5) is 0. The summed E-state index contributed by atoms with van der Waals surface area (Å²) >= 11 is 2.30. The molecule has 0 fully saturated rings. The van der Waals surface area contributed by atoms with Gasteiger partial charge in [0.15, 0.2) is 0 Å². The number of hydrogen-bond donors (Lipinski definition) is 2. The summed E-state index contributed by atoms with van der Waals surface area (Å²) < 4.78 is 1.22. The molecular formula is C13H12IN3. The Bertz CT molecular complexity index is 603. The largest absolute Gasteiger partial charge is 0.404 e. The summed E-state index contributed by atoms with van der Waals surface area (Å²) in [7, 11) is 0. The van der Waals surface area contributed by atoms with Crippen molar-refractivity contribution in [3.8, 4) is 0 Å². The number of allylic oxidation sites excluding steroid dienone is 1. The van der Waals surface area contributed by atoms with E-state index < -0.39 is 0 Å². The molecule has 0 amide bonds. The minimum atomic E-state index is 0.813. The molecule has 0 aliphatic rings. The second kappa shape index (κ2) is 5.18. The van der Waals surface area contributed by atoms with Crippen LogP contribution in [0.1, 0.15) is 5.56 Å². The van der Waals surface area contributed by atoms with Crippen LogP contribution < -0.4 is 11.6 Å². The average molecular weight is 337 g/mol. The highest BCUT2D eigenvalue weighted by molar-refractivity contribution is 14.1. The van der Waals surface area contributed by atoms with Crippen molar-refractivity contribution in [2.75, 3.05) is 0 Å². The molecule has 17 heavy (non-hydrogen) atoms. The maximum absolute atomic E-state index is 5.55. The number of nitrogens with zero attached hydrogens (tertiary/aromatic N) is 1. The van der Waals surface area contributed by atoms with Crippen molar-refractivity contribution in [3.63, 3.8) is 0 Å². The first-order valence-corrected chi connectivity index (χ1v) is 6.17. The van der Waals surface area contributed by atoms with Crippen LogP contribution in [0, 0.1) is 3.57 Å². The number of fused-ring (bicyclic) bond motifs is 1. The number of benzene rings is 2. The maximum atomic E-state index is 5.55. The predicted octanol–water partition coefficient (Wildman–Crippen LogP) is 2.69. The molecule has 0 heterocycles. The van der Waals surface area contributed by atoms with Crippen LogP contribution in [0.25, 0.3) is 16.3 Å². The Morgan fingerprint density at radius 1 is 1.12 bits per heavy atom. The number of hydrogen-bond acceptors (Lipinski definition) is 3. The average Bonchev–Trinajstić information content (AvgIpc) is 2.35. The summed E-state index contributed by atoms with van der Waals surface area (Å²) in [5, 5.41) is 5.89. The lowest BCUT2D eigenvalue weighted by atomic mass is 10.0. The van der Waals surface area contributed by atoms with Crippen LogP contribution in [0.4, 0.5) is 0 Å². The smallest absolute Gasteiger partial charge is 0.0558 e. The van der Waals surface area contributed by atoms with Gasteiger partial charge in [-0.05, 0) is 57.1 Å². The maximum Gasteiger partial charge on any atom is 0.0558 e. The fourth-order valence-electron chi connectivity index (χ4n) is 1.69. The molecule has 0 aliphatic carbocycles. The van der Waals surface area contributed by atoms with Gasteiger partial charge in [-0.1, -0.05) is 18.2 Å². The zero-order valence-corrected chi connectivity index (χ0v) is 11.3. The van der Waals surface area contributed by atoms with Crippen molar-refractivity contribution < 1.29 is 0 Å². The highest BCUT2D eigenvalue weighted by Gasteiger charge is 2.01. The number of hydrazone groups is 1. The normalized spacial score (nSPS) is 12.4. The molecule has 0 saturated heterocycles. The van der Waals surface area contributed by atoms with Crippen LogP contribution in [0.2, 0.25) is 0 Å². The molecule has 4 N–H and O–H groups in total. The van der Waals surface area contributed by atoms with Crippen molar-refractivity contribution in [3.05, 3.63) is 51.7 Å². The molecule has 0 saturated carbocycles. The molecule has 0 atom stereocenters. The van der Waals surface area contributed by atoms with Crippen LogP contribution in [0.5, 0.6) is 0 Å². The summed E-state index contributed by atoms with van der Waals surface area (Å²) in [6.07, 6.45) is 3.05. The van der Waals surface area contributed by atoms with Crippen LogP contribution in [-0.2, 0) is 0 Å². The van der Waals surface area contributed by atoms with Gasteiger partial charge in [-0.25, -0.2) is 0 Å². The van der Waals surface area contributed by atoms with Gasteiger partial charge in [-0.15, -0.1) is 0 Å². The molecule has 2 aromatic carbocycles. The van der Waals surface area contributed by atoms with Crippen LogP contribution in [-0.4, -0.2) is 6.21 Å². The summed E-state index contributed by atoms with van der Waals surface area (Å²) in [5.41, 5.74) is 7.37. The zero-order chi connectivity index (χ0) is 12.3. The van der Waals surface area contributed by atoms with Gasteiger partial charge in [0.05, 0.1) is 6.21 Å². The molecule has 86 valence electrons. The van der Waals surface area contributed by atoms with E-state index in [0.717, 1.165) is 11.1 Å². The topological polar surface area (TPSA) is 64.4 Å². The van der Waals surface area contributed by atoms with E-state index in [0.29, 0.717) is 0 Å². The molecule has 0 unspecified atom stereocenters. The Kier molecular flexibility index (Phi) is 3.63. The standard InChI is InChI=1S/C13H12IN3/c14-13-4-3-9-5-10(1-2-11(9)6-13)12(7-15)8-17-16/h1-8H,15-16H2. The van der Waals surface area contributed by atoms with E-state index >= 15 is 0 Å². The van der Waals surface area contributed by atoms with Crippen molar-refractivity contribution >= 4 is 45.2 Å². The Balaban J connectivity index is 2.55. The molecule has 4 heteroatoms. The lowest BCUT2D eigenvalue weighted by Gasteiger charge is -2.04. The number of rotatable bonds is 2. The second-order valence-corrected chi connectivity index (χ2v) is 4.85. The third kappa shape index (κ3) is 2.58. The molecule has 0 spiro atoms. The van der Waals surface area contributed by atoms with E-state index in [-0.39, 0.29) is 0 Å². The van der Waals surface area contributed by atoms with Crippen LogP contribution in [0.15, 0.2) is 47.7 Å². The summed E-state index contributed by atoms with van der Waals surface area (Å²) in [6.45, 7) is 0. The Hall–Kier alpha value is -1.56. The quantitative estimate of drug-likeness (QED) is 0.383. The molecule has 0 bridgehead atoms. The summed E-state index contributed by atoms with van der Waals surface area (Å²) in [6, 6.07) is 12.5. The van der Waals surface area contributed by atoms with Gasteiger partial charge in [-0.3, -0.25) is 0 Å². The first kappa shape index (κ1) is 11.9. The van der Waals surface area contributed by atoms with E-state index in [9.17, 15) is 0 Å². The van der Waals surface area contributed by atoms with Crippen molar-refractivity contribution in [1.82, 2.24) is 0 Å². The highest BCUT2D eigenvalue weighted by Crippen LogP contribution is 2.21. The van der Waals surface area contributed by atoms with Gasteiger partial charge in [0.25, 0.3) is 0 Å². The SMILES string of the molecule is NC=C(C=NN)c1ccc2cc(I)ccc2c1. The molecule has 0 aromatic heterocycles. The predicted molar refractivity (Wildman–Crippen MR) is 81.5 cm³/mol. The first-order valence-electron chi connectivity index (χ1n) is 5.09. The van der Waals surface area contributed by atoms with Crippen molar-refractivity contribution in [2.45, 2.75) is 0 Å². The molecule has 2 rings (SSSR count). The molecule has 0 aliphatic heterocycles. The van der Waals surface area contributed by atoms with Crippen LogP contribution >= 0.6 is 22.6 Å². The third-order valence-corrected chi connectivity index (χ3v) is 3.20. The Morgan fingerprint density at radius 3 is 2.53 bits per heavy atom. The van der Waals surface area contributed by atoms with Gasteiger partial charge < -0.3 is 11.6 Å². The minimum Gasteiger partial charge on any atom is -0.404 e. The van der Waals surface area contributed by atoms with Crippen molar-refractivity contribution in [2.24, 2.45) is 16.7 Å². The van der Waals surface area contributed by atoms with E-state index in [4.69, 9.17) is 11.6 Å². The lowest BCUT2D eigenvalue weighted by molar-refractivity contribution is 1.27. The van der Waals surface area contributed by atoms with Gasteiger partial charge in [0.2, 0.25) is 0 Å².